The van der Waals surface area contributed by atoms with Gasteiger partial charge in [-0.15, -0.1) is 6.58 Å². The minimum absolute atomic E-state index is 0.0217. The fourth-order valence-corrected chi connectivity index (χ4v) is 3.21. The molecule has 1 saturated heterocycles. The third-order valence-electron chi connectivity index (χ3n) is 2.59. The normalized spacial score (nSPS) is 26.6. The quantitative estimate of drug-likeness (QED) is 0.397. The van der Waals surface area contributed by atoms with Crippen LogP contribution < -0.4 is 0 Å². The lowest BCUT2D eigenvalue weighted by molar-refractivity contribution is -0.163. The second kappa shape index (κ2) is 4.41. The number of hydrogen-bond acceptors (Lipinski definition) is 2. The van der Waals surface area contributed by atoms with Gasteiger partial charge in [0.25, 0.3) is 0 Å². The van der Waals surface area contributed by atoms with Crippen molar-refractivity contribution < 1.29 is 14.7 Å². The number of allylic oxidation sites excluding steroid dienone is 1. The first kappa shape index (κ1) is 11.0. The number of carbonyl (C=O) groups is 2. The molecule has 1 aliphatic heterocycles. The standard InChI is InChI=1S/C9H15NO3Si/c1-3-4-5-6-7(9(12)13)10(14-2)8(6)11/h3,6-7H,1,4-5,14H2,2H3,(H,12,13)/t6-,7+/m1/s1. The van der Waals surface area contributed by atoms with Crippen LogP contribution in [0.3, 0.4) is 0 Å². The molecule has 5 heteroatoms. The monoisotopic (exact) mass is 213 g/mol. The van der Waals surface area contributed by atoms with Gasteiger partial charge in [-0.05, 0) is 12.8 Å². The van der Waals surface area contributed by atoms with Gasteiger partial charge in [0, 0.05) is 0 Å². The molecule has 0 unspecified atom stereocenters. The Labute approximate surface area is 85.5 Å². The Hall–Kier alpha value is -1.10. The Kier molecular flexibility index (Phi) is 3.46. The summed E-state index contributed by atoms with van der Waals surface area (Å²) in [6.07, 6.45) is 3.04. The number of carbonyl (C=O) groups excluding carboxylic acids is 1. The Balaban J connectivity index is 2.62. The van der Waals surface area contributed by atoms with E-state index in [0.29, 0.717) is 12.8 Å². The molecule has 0 radical (unpaired) electrons. The van der Waals surface area contributed by atoms with Crippen molar-refractivity contribution in [1.82, 2.24) is 4.57 Å². The van der Waals surface area contributed by atoms with Gasteiger partial charge in [0.15, 0.2) is 0 Å². The Bertz CT molecular complexity index is 267. The molecule has 0 aromatic carbocycles. The fourth-order valence-electron chi connectivity index (χ4n) is 1.86. The van der Waals surface area contributed by atoms with Crippen LogP contribution in [-0.4, -0.2) is 37.3 Å². The fraction of sp³-hybridized carbons (Fsp3) is 0.556. The molecule has 2 atom stereocenters. The zero-order chi connectivity index (χ0) is 10.7. The molecule has 1 rings (SSSR count). The molecule has 4 nitrogen and oxygen atoms in total. The molecule has 0 saturated carbocycles. The van der Waals surface area contributed by atoms with Crippen LogP contribution in [0.1, 0.15) is 12.8 Å². The van der Waals surface area contributed by atoms with E-state index in [4.69, 9.17) is 5.11 Å². The number of rotatable bonds is 5. The lowest BCUT2D eigenvalue weighted by Gasteiger charge is -2.44. The molecule has 1 amide bonds. The van der Waals surface area contributed by atoms with Gasteiger partial charge >= 0.3 is 5.97 Å². The molecule has 0 aliphatic carbocycles. The van der Waals surface area contributed by atoms with Gasteiger partial charge in [0.2, 0.25) is 5.91 Å². The summed E-state index contributed by atoms with van der Waals surface area (Å²) >= 11 is 0. The maximum absolute atomic E-state index is 11.5. The molecule has 0 aromatic heterocycles. The van der Waals surface area contributed by atoms with Crippen molar-refractivity contribution in [2.45, 2.75) is 25.4 Å². The summed E-state index contributed by atoms with van der Waals surface area (Å²) in [6.45, 7) is 5.49. The summed E-state index contributed by atoms with van der Waals surface area (Å²) in [5.41, 5.74) is 0. The number of hydrogen-bond donors (Lipinski definition) is 1. The number of amides is 1. The van der Waals surface area contributed by atoms with Crippen molar-refractivity contribution in [3.8, 4) is 0 Å². The third kappa shape index (κ3) is 1.72. The molecule has 1 heterocycles. The maximum Gasteiger partial charge on any atom is 0.326 e. The van der Waals surface area contributed by atoms with Crippen LogP contribution in [0.25, 0.3) is 0 Å². The van der Waals surface area contributed by atoms with Crippen molar-refractivity contribution >= 4 is 21.6 Å². The van der Waals surface area contributed by atoms with Gasteiger partial charge in [-0.3, -0.25) is 4.79 Å². The van der Waals surface area contributed by atoms with Gasteiger partial charge in [-0.2, -0.15) is 0 Å². The molecule has 0 spiro atoms. The Morgan fingerprint density at radius 1 is 1.79 bits per heavy atom. The van der Waals surface area contributed by atoms with Gasteiger partial charge < -0.3 is 9.67 Å². The van der Waals surface area contributed by atoms with E-state index in [-0.39, 0.29) is 11.8 Å². The predicted octanol–water partition coefficient (Wildman–Crippen LogP) is -0.00390. The van der Waals surface area contributed by atoms with Gasteiger partial charge in [-0.1, -0.05) is 12.6 Å². The first-order valence-corrected chi connectivity index (χ1v) is 6.82. The van der Waals surface area contributed by atoms with Crippen molar-refractivity contribution in [3.63, 3.8) is 0 Å². The predicted molar refractivity (Wildman–Crippen MR) is 55.6 cm³/mol. The summed E-state index contributed by atoms with van der Waals surface area (Å²) in [6, 6.07) is -0.556. The second-order valence-electron chi connectivity index (χ2n) is 3.38. The van der Waals surface area contributed by atoms with E-state index in [1.165, 1.54) is 4.57 Å². The van der Waals surface area contributed by atoms with E-state index in [1.807, 2.05) is 6.55 Å². The summed E-state index contributed by atoms with van der Waals surface area (Å²) < 4.78 is 1.54. The maximum atomic E-state index is 11.5. The van der Waals surface area contributed by atoms with Crippen LogP contribution >= 0.6 is 0 Å². The van der Waals surface area contributed by atoms with E-state index in [9.17, 15) is 9.59 Å². The van der Waals surface area contributed by atoms with E-state index < -0.39 is 21.7 Å². The molecular formula is C9H15NO3Si. The zero-order valence-electron chi connectivity index (χ0n) is 8.27. The van der Waals surface area contributed by atoms with Crippen LogP contribution in [0.2, 0.25) is 6.55 Å². The summed E-state index contributed by atoms with van der Waals surface area (Å²) in [5, 5.41) is 8.92. The molecule has 1 fully saturated rings. The first-order chi connectivity index (χ1) is 6.63. The van der Waals surface area contributed by atoms with Crippen LogP contribution in [0.4, 0.5) is 0 Å². The average Bonchev–Trinajstić information content (AvgIpc) is 2.14. The van der Waals surface area contributed by atoms with Crippen LogP contribution in [-0.2, 0) is 9.59 Å². The smallest absolute Gasteiger partial charge is 0.326 e. The van der Waals surface area contributed by atoms with E-state index in [2.05, 4.69) is 6.58 Å². The summed E-state index contributed by atoms with van der Waals surface area (Å²) in [7, 11) is -0.690. The minimum Gasteiger partial charge on any atom is -0.480 e. The molecule has 78 valence electrons. The highest BCUT2D eigenvalue weighted by molar-refractivity contribution is 6.38. The largest absolute Gasteiger partial charge is 0.480 e. The minimum atomic E-state index is -0.868. The topological polar surface area (TPSA) is 57.6 Å². The number of carboxylic acid groups (broad SMARTS) is 1. The Morgan fingerprint density at radius 2 is 2.43 bits per heavy atom. The molecule has 1 aliphatic rings. The lowest BCUT2D eigenvalue weighted by Crippen LogP contribution is -2.64. The van der Waals surface area contributed by atoms with E-state index in [1.54, 1.807) is 6.08 Å². The summed E-state index contributed by atoms with van der Waals surface area (Å²) in [5.74, 6) is -1.15. The highest BCUT2D eigenvalue weighted by Gasteiger charge is 2.49. The van der Waals surface area contributed by atoms with Gasteiger partial charge in [-0.25, -0.2) is 4.79 Å². The van der Waals surface area contributed by atoms with Gasteiger partial charge in [0.05, 0.1) is 5.92 Å². The van der Waals surface area contributed by atoms with Crippen LogP contribution in [0.15, 0.2) is 12.7 Å². The van der Waals surface area contributed by atoms with E-state index in [0.717, 1.165) is 0 Å². The number of carboxylic acids is 1. The third-order valence-corrected chi connectivity index (χ3v) is 3.98. The molecule has 0 bridgehead atoms. The van der Waals surface area contributed by atoms with E-state index >= 15 is 0 Å². The molecule has 0 aromatic rings. The highest BCUT2D eigenvalue weighted by atomic mass is 28.2. The highest BCUT2D eigenvalue weighted by Crippen LogP contribution is 2.29. The number of nitrogens with zero attached hydrogens (tertiary/aromatic N) is 1. The van der Waals surface area contributed by atoms with Gasteiger partial charge in [0.1, 0.15) is 15.7 Å². The number of aliphatic carboxylic acids is 1. The SMILES string of the molecule is C=CCC[C@H]1C(=O)N([SiH2]C)[C@@H]1C(=O)O. The average molecular weight is 213 g/mol. The Morgan fingerprint density at radius 3 is 2.86 bits per heavy atom. The molecule has 1 N–H and O–H groups in total. The van der Waals surface area contributed by atoms with Crippen molar-refractivity contribution in [3.05, 3.63) is 12.7 Å². The summed E-state index contributed by atoms with van der Waals surface area (Å²) in [4.78, 5) is 22.3. The first-order valence-electron chi connectivity index (χ1n) is 4.77. The zero-order valence-corrected chi connectivity index (χ0v) is 9.69. The number of β-lactam (4-membered cyclic amide) rings is 1. The molecule has 14 heavy (non-hydrogen) atoms. The second-order valence-corrected chi connectivity index (χ2v) is 4.69. The van der Waals surface area contributed by atoms with Crippen LogP contribution in [0, 0.1) is 5.92 Å². The van der Waals surface area contributed by atoms with Crippen LogP contribution in [0.5, 0.6) is 0 Å². The van der Waals surface area contributed by atoms with Crippen molar-refractivity contribution in [2.75, 3.05) is 0 Å². The van der Waals surface area contributed by atoms with Crippen molar-refractivity contribution in [2.24, 2.45) is 5.92 Å². The lowest BCUT2D eigenvalue weighted by atomic mass is 9.86. The molecular weight excluding hydrogens is 198 g/mol. The van der Waals surface area contributed by atoms with Crippen molar-refractivity contribution in [1.29, 1.82) is 0 Å².